The molecule has 0 aliphatic carbocycles. The second-order valence-electron chi connectivity index (χ2n) is 3.40. The van der Waals surface area contributed by atoms with Gasteiger partial charge in [0.05, 0.1) is 5.02 Å². The highest BCUT2D eigenvalue weighted by molar-refractivity contribution is 7.80. The van der Waals surface area contributed by atoms with E-state index in [2.05, 4.69) is 4.98 Å². The number of aromatic nitrogens is 1. The SMILES string of the molecule is NC(=S)c1cccc(Oc2ccc(F)cc2Cl)n1. The third kappa shape index (κ3) is 2.94. The summed E-state index contributed by atoms with van der Waals surface area (Å²) in [6.45, 7) is 0. The molecular weight excluding hydrogens is 275 g/mol. The summed E-state index contributed by atoms with van der Waals surface area (Å²) in [6.07, 6.45) is 0. The van der Waals surface area contributed by atoms with Crippen molar-refractivity contribution >= 4 is 28.8 Å². The number of ether oxygens (including phenoxy) is 1. The first-order valence-corrected chi connectivity index (χ1v) is 5.74. The van der Waals surface area contributed by atoms with Gasteiger partial charge in [-0.05, 0) is 24.3 Å². The van der Waals surface area contributed by atoms with E-state index in [1.54, 1.807) is 18.2 Å². The molecule has 18 heavy (non-hydrogen) atoms. The maximum absolute atomic E-state index is 12.9. The summed E-state index contributed by atoms with van der Waals surface area (Å²) >= 11 is 10.7. The van der Waals surface area contributed by atoms with Gasteiger partial charge in [0.15, 0.2) is 0 Å². The normalized spacial score (nSPS) is 10.1. The number of rotatable bonds is 3. The van der Waals surface area contributed by atoms with Gasteiger partial charge in [-0.2, -0.15) is 0 Å². The molecule has 2 N–H and O–H groups in total. The minimum absolute atomic E-state index is 0.164. The first-order valence-electron chi connectivity index (χ1n) is 4.96. The van der Waals surface area contributed by atoms with Gasteiger partial charge in [-0.3, -0.25) is 0 Å². The highest BCUT2D eigenvalue weighted by Gasteiger charge is 2.06. The van der Waals surface area contributed by atoms with Crippen LogP contribution in [0, 0.1) is 5.82 Å². The van der Waals surface area contributed by atoms with Crippen LogP contribution in [0.25, 0.3) is 0 Å². The molecule has 2 rings (SSSR count). The van der Waals surface area contributed by atoms with E-state index in [0.29, 0.717) is 11.4 Å². The van der Waals surface area contributed by atoms with Crippen LogP contribution in [0.15, 0.2) is 36.4 Å². The maximum Gasteiger partial charge on any atom is 0.219 e. The van der Waals surface area contributed by atoms with Crippen molar-refractivity contribution < 1.29 is 9.13 Å². The number of benzene rings is 1. The van der Waals surface area contributed by atoms with E-state index in [1.807, 2.05) is 0 Å². The van der Waals surface area contributed by atoms with Gasteiger partial charge >= 0.3 is 0 Å². The van der Waals surface area contributed by atoms with Crippen molar-refractivity contribution in [2.75, 3.05) is 0 Å². The van der Waals surface area contributed by atoms with E-state index in [9.17, 15) is 4.39 Å². The summed E-state index contributed by atoms with van der Waals surface area (Å²) in [5.74, 6) is 0.164. The Labute approximate surface area is 113 Å². The summed E-state index contributed by atoms with van der Waals surface area (Å²) in [5.41, 5.74) is 5.91. The van der Waals surface area contributed by atoms with Crippen LogP contribution < -0.4 is 10.5 Å². The quantitative estimate of drug-likeness (QED) is 0.878. The van der Waals surface area contributed by atoms with Crippen LogP contribution in [0.4, 0.5) is 4.39 Å². The number of pyridine rings is 1. The average Bonchev–Trinajstić information content (AvgIpc) is 2.33. The predicted molar refractivity (Wildman–Crippen MR) is 71.6 cm³/mol. The molecular formula is C12H8ClFN2OS. The fraction of sp³-hybridized carbons (Fsp3) is 0. The Bertz CT molecular complexity index is 606. The number of halogens is 2. The summed E-state index contributed by atoms with van der Waals surface area (Å²) in [5, 5.41) is 0.164. The topological polar surface area (TPSA) is 48.1 Å². The number of hydrogen-bond donors (Lipinski definition) is 1. The second-order valence-corrected chi connectivity index (χ2v) is 4.25. The monoisotopic (exact) mass is 282 g/mol. The van der Waals surface area contributed by atoms with Crippen molar-refractivity contribution in [2.24, 2.45) is 5.73 Å². The van der Waals surface area contributed by atoms with E-state index < -0.39 is 5.82 Å². The van der Waals surface area contributed by atoms with Gasteiger partial charge in [-0.25, -0.2) is 9.37 Å². The van der Waals surface area contributed by atoms with Crippen LogP contribution in [0.1, 0.15) is 5.69 Å². The van der Waals surface area contributed by atoms with E-state index in [4.69, 9.17) is 34.3 Å². The molecule has 1 aromatic carbocycles. The molecule has 0 bridgehead atoms. The smallest absolute Gasteiger partial charge is 0.219 e. The molecule has 0 radical (unpaired) electrons. The predicted octanol–water partition coefficient (Wildman–Crippen LogP) is 3.30. The van der Waals surface area contributed by atoms with Crippen LogP contribution in [0.5, 0.6) is 11.6 Å². The van der Waals surface area contributed by atoms with Crippen LogP contribution >= 0.6 is 23.8 Å². The maximum atomic E-state index is 12.9. The second kappa shape index (κ2) is 5.29. The molecule has 0 saturated heterocycles. The Hall–Kier alpha value is -1.72. The van der Waals surface area contributed by atoms with E-state index in [-0.39, 0.29) is 15.9 Å². The van der Waals surface area contributed by atoms with Gasteiger partial charge < -0.3 is 10.5 Å². The minimum atomic E-state index is -0.433. The summed E-state index contributed by atoms with van der Waals surface area (Å²) in [7, 11) is 0. The van der Waals surface area contributed by atoms with Gasteiger partial charge in [0, 0.05) is 6.07 Å². The lowest BCUT2D eigenvalue weighted by Crippen LogP contribution is -2.11. The largest absolute Gasteiger partial charge is 0.437 e. The molecule has 92 valence electrons. The van der Waals surface area contributed by atoms with E-state index in [1.165, 1.54) is 12.1 Å². The molecule has 0 unspecified atom stereocenters. The van der Waals surface area contributed by atoms with Gasteiger partial charge in [0.25, 0.3) is 0 Å². The van der Waals surface area contributed by atoms with Crippen molar-refractivity contribution in [1.82, 2.24) is 4.98 Å². The summed E-state index contributed by atoms with van der Waals surface area (Å²) in [4.78, 5) is 4.26. The fourth-order valence-electron chi connectivity index (χ4n) is 1.28. The van der Waals surface area contributed by atoms with Gasteiger partial charge in [-0.1, -0.05) is 29.9 Å². The van der Waals surface area contributed by atoms with Crippen molar-refractivity contribution in [3.05, 3.63) is 52.9 Å². The highest BCUT2D eigenvalue weighted by Crippen LogP contribution is 2.28. The van der Waals surface area contributed by atoms with Crippen LogP contribution in [0.2, 0.25) is 5.02 Å². The van der Waals surface area contributed by atoms with Crippen molar-refractivity contribution in [3.63, 3.8) is 0 Å². The first kappa shape index (κ1) is 12.7. The Morgan fingerprint density at radius 3 is 2.78 bits per heavy atom. The Morgan fingerprint density at radius 2 is 2.11 bits per heavy atom. The molecule has 2 aromatic rings. The van der Waals surface area contributed by atoms with Crippen molar-refractivity contribution in [3.8, 4) is 11.6 Å². The van der Waals surface area contributed by atoms with E-state index >= 15 is 0 Å². The molecule has 1 heterocycles. The fourth-order valence-corrected chi connectivity index (χ4v) is 1.60. The van der Waals surface area contributed by atoms with Crippen molar-refractivity contribution in [2.45, 2.75) is 0 Å². The van der Waals surface area contributed by atoms with Gasteiger partial charge in [0.2, 0.25) is 5.88 Å². The van der Waals surface area contributed by atoms with Crippen LogP contribution in [0.3, 0.4) is 0 Å². The zero-order valence-electron chi connectivity index (χ0n) is 9.06. The molecule has 0 spiro atoms. The molecule has 3 nitrogen and oxygen atoms in total. The number of hydrogen-bond acceptors (Lipinski definition) is 3. The average molecular weight is 283 g/mol. The third-order valence-corrected chi connectivity index (χ3v) is 2.59. The lowest BCUT2D eigenvalue weighted by Gasteiger charge is -2.07. The first-order chi connectivity index (χ1) is 8.56. The molecule has 6 heteroatoms. The van der Waals surface area contributed by atoms with Gasteiger partial charge in [-0.15, -0.1) is 0 Å². The van der Waals surface area contributed by atoms with Crippen LogP contribution in [-0.4, -0.2) is 9.97 Å². The molecule has 0 amide bonds. The van der Waals surface area contributed by atoms with Crippen LogP contribution in [-0.2, 0) is 0 Å². The van der Waals surface area contributed by atoms with Gasteiger partial charge in [0.1, 0.15) is 22.2 Å². The van der Waals surface area contributed by atoms with Crippen molar-refractivity contribution in [1.29, 1.82) is 0 Å². The number of nitrogens with zero attached hydrogens (tertiary/aromatic N) is 1. The lowest BCUT2D eigenvalue weighted by molar-refractivity contribution is 0.461. The zero-order chi connectivity index (χ0) is 13.1. The lowest BCUT2D eigenvalue weighted by atomic mass is 10.3. The molecule has 0 saturated carbocycles. The molecule has 0 aliphatic rings. The Balaban J connectivity index is 2.28. The molecule has 0 aliphatic heterocycles. The highest BCUT2D eigenvalue weighted by atomic mass is 35.5. The minimum Gasteiger partial charge on any atom is -0.437 e. The Morgan fingerprint density at radius 1 is 1.33 bits per heavy atom. The zero-order valence-corrected chi connectivity index (χ0v) is 10.6. The molecule has 0 atom stereocenters. The molecule has 1 aromatic heterocycles. The summed E-state index contributed by atoms with van der Waals surface area (Å²) < 4.78 is 18.3. The third-order valence-electron chi connectivity index (χ3n) is 2.08. The number of nitrogens with two attached hydrogens (primary N) is 1. The summed E-state index contributed by atoms with van der Waals surface area (Å²) in [6, 6.07) is 8.83. The van der Waals surface area contributed by atoms with E-state index in [0.717, 1.165) is 6.07 Å². The molecule has 0 fully saturated rings. The number of thiocarbonyl (C=S) groups is 1. The standard InChI is InChI=1S/C12H8ClFN2OS/c13-8-6-7(14)4-5-10(8)17-11-3-1-2-9(16-11)12(15)18/h1-6H,(H2,15,18). The Kier molecular flexibility index (Phi) is 3.74.